The van der Waals surface area contributed by atoms with Crippen LogP contribution in [0, 0.1) is 12.3 Å². The zero-order valence-electron chi connectivity index (χ0n) is 10.6. The highest BCUT2D eigenvalue weighted by Crippen LogP contribution is 2.40. The van der Waals surface area contributed by atoms with E-state index in [9.17, 15) is 0 Å². The maximum atomic E-state index is 3.39. The van der Waals surface area contributed by atoms with Crippen LogP contribution in [0.1, 0.15) is 36.8 Å². The Labute approximate surface area is 99.3 Å². The second-order valence-corrected chi connectivity index (χ2v) is 5.40. The van der Waals surface area contributed by atoms with Crippen LogP contribution in [0.25, 0.3) is 0 Å². The van der Waals surface area contributed by atoms with Gasteiger partial charge in [-0.05, 0) is 44.2 Å². The van der Waals surface area contributed by atoms with Crippen LogP contribution in [-0.2, 0) is 6.42 Å². The average molecular weight is 217 g/mol. The first-order chi connectivity index (χ1) is 7.74. The maximum Gasteiger partial charge on any atom is 0.000799 e. The fourth-order valence-corrected chi connectivity index (χ4v) is 3.17. The molecule has 0 atom stereocenters. The summed E-state index contributed by atoms with van der Waals surface area (Å²) in [4.78, 5) is 0. The lowest BCUT2D eigenvalue weighted by Crippen LogP contribution is -2.32. The minimum atomic E-state index is 0.530. The lowest BCUT2D eigenvalue weighted by atomic mass is 9.80. The van der Waals surface area contributed by atoms with E-state index in [0.717, 1.165) is 0 Å². The molecule has 1 saturated carbocycles. The molecule has 1 fully saturated rings. The molecule has 0 amide bonds. The van der Waals surface area contributed by atoms with Gasteiger partial charge in [-0.1, -0.05) is 42.7 Å². The summed E-state index contributed by atoms with van der Waals surface area (Å²) in [6, 6.07) is 8.99. The van der Waals surface area contributed by atoms with Crippen LogP contribution in [0.2, 0.25) is 0 Å². The van der Waals surface area contributed by atoms with E-state index in [4.69, 9.17) is 0 Å². The van der Waals surface area contributed by atoms with E-state index in [-0.39, 0.29) is 0 Å². The van der Waals surface area contributed by atoms with Gasteiger partial charge in [0.25, 0.3) is 0 Å². The van der Waals surface area contributed by atoms with Gasteiger partial charge in [-0.3, -0.25) is 0 Å². The van der Waals surface area contributed by atoms with Gasteiger partial charge in [0.15, 0.2) is 0 Å². The Morgan fingerprint density at radius 2 is 2.00 bits per heavy atom. The van der Waals surface area contributed by atoms with E-state index in [2.05, 4.69) is 43.6 Å². The highest BCUT2D eigenvalue weighted by Gasteiger charge is 2.33. The summed E-state index contributed by atoms with van der Waals surface area (Å²) in [5.74, 6) is 0. The van der Waals surface area contributed by atoms with Crippen molar-refractivity contribution in [1.29, 1.82) is 0 Å². The molecule has 16 heavy (non-hydrogen) atoms. The molecule has 88 valence electrons. The molecule has 0 heterocycles. The molecule has 1 heteroatoms. The molecule has 1 nitrogen and oxygen atoms in total. The van der Waals surface area contributed by atoms with E-state index in [1.807, 2.05) is 0 Å². The highest BCUT2D eigenvalue weighted by atomic mass is 14.8. The van der Waals surface area contributed by atoms with Crippen molar-refractivity contribution in [3.8, 4) is 0 Å². The predicted octanol–water partition coefficient (Wildman–Crippen LogP) is 3.32. The monoisotopic (exact) mass is 217 g/mol. The first kappa shape index (κ1) is 11.7. The van der Waals surface area contributed by atoms with Crippen molar-refractivity contribution in [2.75, 3.05) is 13.6 Å². The molecule has 0 saturated heterocycles. The second kappa shape index (κ2) is 5.01. The third-order valence-electron chi connectivity index (χ3n) is 3.88. The Kier molecular flexibility index (Phi) is 3.65. The number of hydrogen-bond acceptors (Lipinski definition) is 1. The van der Waals surface area contributed by atoms with E-state index in [1.54, 1.807) is 0 Å². The van der Waals surface area contributed by atoms with E-state index < -0.39 is 0 Å². The van der Waals surface area contributed by atoms with Crippen molar-refractivity contribution in [1.82, 2.24) is 5.32 Å². The molecule has 1 aromatic carbocycles. The van der Waals surface area contributed by atoms with Gasteiger partial charge in [-0.2, -0.15) is 0 Å². The van der Waals surface area contributed by atoms with Crippen molar-refractivity contribution in [2.24, 2.45) is 5.41 Å². The Hall–Kier alpha value is -0.820. The molecule has 1 N–H and O–H groups in total. The summed E-state index contributed by atoms with van der Waals surface area (Å²) >= 11 is 0. The van der Waals surface area contributed by atoms with Crippen molar-refractivity contribution in [3.05, 3.63) is 35.4 Å². The molecule has 0 aliphatic heterocycles. The number of nitrogens with one attached hydrogen (secondary N) is 1. The van der Waals surface area contributed by atoms with Crippen molar-refractivity contribution in [3.63, 3.8) is 0 Å². The van der Waals surface area contributed by atoms with Crippen molar-refractivity contribution in [2.45, 2.75) is 39.0 Å². The third kappa shape index (κ3) is 2.65. The zero-order valence-corrected chi connectivity index (χ0v) is 10.6. The summed E-state index contributed by atoms with van der Waals surface area (Å²) in [6.07, 6.45) is 6.85. The molecule has 0 bridgehead atoms. The standard InChI is InChI=1S/C15H23N/c1-13-6-5-7-14(10-13)11-15(12-16-2)8-3-4-9-15/h5-7,10,16H,3-4,8-9,11-12H2,1-2H3. The van der Waals surface area contributed by atoms with Gasteiger partial charge in [-0.25, -0.2) is 0 Å². The number of rotatable bonds is 4. The van der Waals surface area contributed by atoms with Crippen molar-refractivity contribution >= 4 is 0 Å². The summed E-state index contributed by atoms with van der Waals surface area (Å²) in [5, 5.41) is 3.39. The minimum absolute atomic E-state index is 0.530. The van der Waals surface area contributed by atoms with Crippen LogP contribution in [0.3, 0.4) is 0 Å². The van der Waals surface area contributed by atoms with E-state index >= 15 is 0 Å². The Bertz CT molecular complexity index is 337. The molecule has 1 aliphatic rings. The first-order valence-electron chi connectivity index (χ1n) is 6.44. The number of hydrogen-bond donors (Lipinski definition) is 1. The van der Waals surface area contributed by atoms with Crippen LogP contribution < -0.4 is 5.32 Å². The Morgan fingerprint density at radius 3 is 2.62 bits per heavy atom. The zero-order chi connectivity index (χ0) is 11.4. The summed E-state index contributed by atoms with van der Waals surface area (Å²) in [5.41, 5.74) is 3.43. The summed E-state index contributed by atoms with van der Waals surface area (Å²) < 4.78 is 0. The van der Waals surface area contributed by atoms with Gasteiger partial charge >= 0.3 is 0 Å². The maximum absolute atomic E-state index is 3.39. The van der Waals surface area contributed by atoms with Crippen LogP contribution >= 0.6 is 0 Å². The Balaban J connectivity index is 2.11. The predicted molar refractivity (Wildman–Crippen MR) is 69.7 cm³/mol. The quantitative estimate of drug-likeness (QED) is 0.816. The van der Waals surface area contributed by atoms with E-state index in [0.29, 0.717) is 5.41 Å². The van der Waals surface area contributed by atoms with Gasteiger partial charge < -0.3 is 5.32 Å². The fraction of sp³-hybridized carbons (Fsp3) is 0.600. The van der Waals surface area contributed by atoms with Crippen molar-refractivity contribution < 1.29 is 0 Å². The van der Waals surface area contributed by atoms with Gasteiger partial charge in [0, 0.05) is 6.54 Å². The average Bonchev–Trinajstić information content (AvgIpc) is 2.67. The summed E-state index contributed by atoms with van der Waals surface area (Å²) in [6.45, 7) is 3.35. The molecule has 2 rings (SSSR count). The normalized spacial score (nSPS) is 18.9. The summed E-state index contributed by atoms with van der Waals surface area (Å²) in [7, 11) is 2.08. The third-order valence-corrected chi connectivity index (χ3v) is 3.88. The van der Waals surface area contributed by atoms with Crippen LogP contribution in [0.15, 0.2) is 24.3 Å². The second-order valence-electron chi connectivity index (χ2n) is 5.40. The topological polar surface area (TPSA) is 12.0 Å². The lowest BCUT2D eigenvalue weighted by Gasteiger charge is -2.29. The molecule has 1 aromatic rings. The van der Waals surface area contributed by atoms with Crippen LogP contribution in [-0.4, -0.2) is 13.6 Å². The van der Waals surface area contributed by atoms with Crippen LogP contribution in [0.5, 0.6) is 0 Å². The molecule has 0 radical (unpaired) electrons. The molecule has 0 spiro atoms. The molecular formula is C15H23N. The first-order valence-corrected chi connectivity index (χ1v) is 6.44. The molecule has 1 aliphatic carbocycles. The smallest absolute Gasteiger partial charge is 0.000799 e. The van der Waals surface area contributed by atoms with Gasteiger partial charge in [-0.15, -0.1) is 0 Å². The molecule has 0 aromatic heterocycles. The highest BCUT2D eigenvalue weighted by molar-refractivity contribution is 5.23. The largest absolute Gasteiger partial charge is 0.319 e. The fourth-order valence-electron chi connectivity index (χ4n) is 3.17. The minimum Gasteiger partial charge on any atom is -0.319 e. The van der Waals surface area contributed by atoms with Gasteiger partial charge in [0.2, 0.25) is 0 Å². The number of benzene rings is 1. The Morgan fingerprint density at radius 1 is 1.25 bits per heavy atom. The van der Waals surface area contributed by atoms with E-state index in [1.165, 1.54) is 49.8 Å². The van der Waals surface area contributed by atoms with Crippen LogP contribution in [0.4, 0.5) is 0 Å². The molecular weight excluding hydrogens is 194 g/mol. The molecule has 0 unspecified atom stereocenters. The number of aryl methyl sites for hydroxylation is 1. The SMILES string of the molecule is CNCC1(Cc2cccc(C)c2)CCCC1. The van der Waals surface area contributed by atoms with Gasteiger partial charge in [0.05, 0.1) is 0 Å². The van der Waals surface area contributed by atoms with Gasteiger partial charge in [0.1, 0.15) is 0 Å². The lowest BCUT2D eigenvalue weighted by molar-refractivity contribution is 0.286.